The standard InChI is InChI=1S/C18H26N2O4S/c1-24-16-8-10-17(11-9-16)25(22,23)20-12-4-5-14(13-20)18(21)19-15-6-2-3-7-15/h8-11,14-15H,2-7,12-13H2,1H3,(H,19,21). The summed E-state index contributed by atoms with van der Waals surface area (Å²) in [5.41, 5.74) is 0. The SMILES string of the molecule is COc1ccc(S(=O)(=O)N2CCCC(C(=O)NC3CCCC3)C2)cc1. The Morgan fingerprint density at radius 1 is 1.12 bits per heavy atom. The Hall–Kier alpha value is -1.60. The molecule has 2 fully saturated rings. The molecule has 1 amide bonds. The fourth-order valence-electron chi connectivity index (χ4n) is 3.66. The van der Waals surface area contributed by atoms with Gasteiger partial charge in [-0.2, -0.15) is 4.31 Å². The van der Waals surface area contributed by atoms with Crippen molar-refractivity contribution >= 4 is 15.9 Å². The minimum Gasteiger partial charge on any atom is -0.497 e. The predicted octanol–water partition coefficient (Wildman–Crippen LogP) is 2.15. The molecule has 2 aliphatic rings. The summed E-state index contributed by atoms with van der Waals surface area (Å²) >= 11 is 0. The molecule has 1 saturated heterocycles. The molecule has 0 radical (unpaired) electrons. The van der Waals surface area contributed by atoms with Gasteiger partial charge in [-0.1, -0.05) is 12.8 Å². The third-order valence-corrected chi connectivity index (χ3v) is 7.03. The van der Waals surface area contributed by atoms with Crippen LogP contribution in [0.1, 0.15) is 38.5 Å². The largest absolute Gasteiger partial charge is 0.497 e. The number of rotatable bonds is 5. The summed E-state index contributed by atoms with van der Waals surface area (Å²) in [4.78, 5) is 12.7. The van der Waals surface area contributed by atoms with E-state index in [0.717, 1.165) is 32.1 Å². The summed E-state index contributed by atoms with van der Waals surface area (Å²) in [5, 5.41) is 3.10. The van der Waals surface area contributed by atoms with Crippen molar-refractivity contribution in [3.63, 3.8) is 0 Å². The van der Waals surface area contributed by atoms with E-state index in [1.807, 2.05) is 0 Å². The van der Waals surface area contributed by atoms with Gasteiger partial charge < -0.3 is 10.1 Å². The molecule has 1 saturated carbocycles. The fraction of sp³-hybridized carbons (Fsp3) is 0.611. The summed E-state index contributed by atoms with van der Waals surface area (Å²) < 4.78 is 32.2. The van der Waals surface area contributed by atoms with Gasteiger partial charge in [-0.3, -0.25) is 4.79 Å². The average molecular weight is 366 g/mol. The van der Waals surface area contributed by atoms with Crippen molar-refractivity contribution in [2.24, 2.45) is 5.92 Å². The lowest BCUT2D eigenvalue weighted by Crippen LogP contribution is -2.47. The van der Waals surface area contributed by atoms with Crippen LogP contribution in [-0.2, 0) is 14.8 Å². The molecular weight excluding hydrogens is 340 g/mol. The molecule has 3 rings (SSSR count). The van der Waals surface area contributed by atoms with Gasteiger partial charge in [-0.15, -0.1) is 0 Å². The zero-order valence-electron chi connectivity index (χ0n) is 14.6. The number of carbonyl (C=O) groups excluding carboxylic acids is 1. The molecule has 1 aromatic rings. The number of nitrogens with zero attached hydrogens (tertiary/aromatic N) is 1. The van der Waals surface area contributed by atoms with Gasteiger partial charge in [0, 0.05) is 19.1 Å². The van der Waals surface area contributed by atoms with Crippen molar-refractivity contribution < 1.29 is 17.9 Å². The zero-order valence-corrected chi connectivity index (χ0v) is 15.4. The number of hydrogen-bond donors (Lipinski definition) is 1. The first-order valence-electron chi connectivity index (χ1n) is 8.95. The van der Waals surface area contributed by atoms with E-state index in [9.17, 15) is 13.2 Å². The van der Waals surface area contributed by atoms with Crippen molar-refractivity contribution in [1.82, 2.24) is 9.62 Å². The Labute approximate surface area is 149 Å². The first-order valence-corrected chi connectivity index (χ1v) is 10.4. The second-order valence-corrected chi connectivity index (χ2v) is 8.81. The molecule has 1 aliphatic carbocycles. The highest BCUT2D eigenvalue weighted by Gasteiger charge is 2.34. The van der Waals surface area contributed by atoms with Crippen LogP contribution >= 0.6 is 0 Å². The number of hydrogen-bond acceptors (Lipinski definition) is 4. The van der Waals surface area contributed by atoms with Gasteiger partial charge in [0.1, 0.15) is 5.75 Å². The fourth-order valence-corrected chi connectivity index (χ4v) is 5.18. The van der Waals surface area contributed by atoms with Gasteiger partial charge in [-0.05, 0) is 49.9 Å². The van der Waals surface area contributed by atoms with Gasteiger partial charge in [0.05, 0.1) is 17.9 Å². The van der Waals surface area contributed by atoms with E-state index in [1.54, 1.807) is 31.4 Å². The highest BCUT2D eigenvalue weighted by Crippen LogP contribution is 2.26. The lowest BCUT2D eigenvalue weighted by Gasteiger charge is -2.31. The van der Waals surface area contributed by atoms with E-state index in [1.165, 1.54) is 4.31 Å². The van der Waals surface area contributed by atoms with Crippen molar-refractivity contribution in [2.45, 2.75) is 49.5 Å². The van der Waals surface area contributed by atoms with Crippen LogP contribution < -0.4 is 10.1 Å². The van der Waals surface area contributed by atoms with Crippen LogP contribution in [0.5, 0.6) is 5.75 Å². The predicted molar refractivity (Wildman–Crippen MR) is 94.9 cm³/mol. The third-order valence-electron chi connectivity index (χ3n) is 5.15. The van der Waals surface area contributed by atoms with Crippen LogP contribution in [0.25, 0.3) is 0 Å². The Balaban J connectivity index is 1.67. The summed E-state index contributed by atoms with van der Waals surface area (Å²) in [6.45, 7) is 0.717. The van der Waals surface area contributed by atoms with E-state index in [-0.39, 0.29) is 29.3 Å². The van der Waals surface area contributed by atoms with E-state index in [2.05, 4.69) is 5.32 Å². The number of amides is 1. The van der Waals surface area contributed by atoms with Gasteiger partial charge in [0.25, 0.3) is 0 Å². The smallest absolute Gasteiger partial charge is 0.243 e. The lowest BCUT2D eigenvalue weighted by molar-refractivity contribution is -0.126. The summed E-state index contributed by atoms with van der Waals surface area (Å²) in [7, 11) is -2.04. The van der Waals surface area contributed by atoms with Crippen LogP contribution in [0.2, 0.25) is 0 Å². The van der Waals surface area contributed by atoms with Crippen molar-refractivity contribution in [3.8, 4) is 5.75 Å². The highest BCUT2D eigenvalue weighted by molar-refractivity contribution is 7.89. The molecule has 1 N–H and O–H groups in total. The van der Waals surface area contributed by atoms with Crippen LogP contribution in [0, 0.1) is 5.92 Å². The molecule has 0 spiro atoms. The maximum atomic E-state index is 12.9. The minimum absolute atomic E-state index is 0.00142. The van der Waals surface area contributed by atoms with E-state index < -0.39 is 10.0 Å². The number of ether oxygens (including phenoxy) is 1. The second kappa shape index (κ2) is 7.74. The van der Waals surface area contributed by atoms with Crippen molar-refractivity contribution in [1.29, 1.82) is 0 Å². The average Bonchev–Trinajstić information content (AvgIpc) is 3.15. The van der Waals surface area contributed by atoms with E-state index in [4.69, 9.17) is 4.74 Å². The zero-order chi connectivity index (χ0) is 17.9. The molecule has 1 aliphatic heterocycles. The maximum Gasteiger partial charge on any atom is 0.243 e. The topological polar surface area (TPSA) is 75.7 Å². The second-order valence-electron chi connectivity index (χ2n) is 6.87. The summed E-state index contributed by atoms with van der Waals surface area (Å²) in [5.74, 6) is 0.357. The summed E-state index contributed by atoms with van der Waals surface area (Å²) in [6, 6.07) is 6.65. The highest BCUT2D eigenvalue weighted by atomic mass is 32.2. The molecule has 25 heavy (non-hydrogen) atoms. The molecule has 0 aromatic heterocycles. The van der Waals surface area contributed by atoms with Crippen molar-refractivity contribution in [3.05, 3.63) is 24.3 Å². The van der Waals surface area contributed by atoms with Crippen LogP contribution in [-0.4, -0.2) is 44.9 Å². The first-order chi connectivity index (χ1) is 12.0. The van der Waals surface area contributed by atoms with Gasteiger partial charge >= 0.3 is 0 Å². The third kappa shape index (κ3) is 4.15. The molecular formula is C18H26N2O4S. The molecule has 1 aromatic carbocycles. The molecule has 7 heteroatoms. The quantitative estimate of drug-likeness (QED) is 0.866. The number of methoxy groups -OCH3 is 1. The molecule has 6 nitrogen and oxygen atoms in total. The summed E-state index contributed by atoms with van der Waals surface area (Å²) in [6.07, 6.45) is 5.84. The van der Waals surface area contributed by atoms with Crippen molar-refractivity contribution in [2.75, 3.05) is 20.2 Å². The lowest BCUT2D eigenvalue weighted by atomic mass is 9.98. The van der Waals surface area contributed by atoms with Crippen LogP contribution in [0.4, 0.5) is 0 Å². The molecule has 1 unspecified atom stereocenters. The van der Waals surface area contributed by atoms with Crippen LogP contribution in [0.3, 0.4) is 0 Å². The number of piperidine rings is 1. The monoisotopic (exact) mass is 366 g/mol. The number of carbonyl (C=O) groups is 1. The molecule has 1 heterocycles. The maximum absolute atomic E-state index is 12.9. The first kappa shape index (κ1) is 18.2. The van der Waals surface area contributed by atoms with Gasteiger partial charge in [0.2, 0.25) is 15.9 Å². The Kier molecular flexibility index (Phi) is 5.64. The number of sulfonamides is 1. The molecule has 1 atom stereocenters. The van der Waals surface area contributed by atoms with Gasteiger partial charge in [0.15, 0.2) is 0 Å². The van der Waals surface area contributed by atoms with E-state index in [0.29, 0.717) is 18.7 Å². The Morgan fingerprint density at radius 3 is 2.44 bits per heavy atom. The van der Waals surface area contributed by atoms with E-state index >= 15 is 0 Å². The Bertz CT molecular complexity index is 696. The van der Waals surface area contributed by atoms with Crippen LogP contribution in [0.15, 0.2) is 29.2 Å². The Morgan fingerprint density at radius 2 is 1.80 bits per heavy atom. The van der Waals surface area contributed by atoms with Gasteiger partial charge in [-0.25, -0.2) is 8.42 Å². The molecule has 138 valence electrons. The number of nitrogens with one attached hydrogen (secondary N) is 1. The normalized spacial score (nSPS) is 22.7. The minimum atomic E-state index is -3.58. The molecule has 0 bridgehead atoms. The number of benzene rings is 1.